The molecular weight excluding hydrogens is 102 g/mol. The highest BCUT2D eigenvalue weighted by Gasteiger charge is 2.26. The van der Waals surface area contributed by atoms with Crippen LogP contribution in [0.15, 0.2) is 0 Å². The van der Waals surface area contributed by atoms with E-state index in [1.54, 1.807) is 0 Å². The molecule has 1 amide bonds. The topological polar surface area (TPSA) is 31.2 Å². The second-order valence-electron chi connectivity index (χ2n) is 2.17. The molecule has 1 aliphatic rings. The molecule has 0 N–H and O–H groups in total. The first-order chi connectivity index (χ1) is 3.83. The Morgan fingerprint density at radius 2 is 2.50 bits per heavy atom. The van der Waals surface area contributed by atoms with Gasteiger partial charge in [0.05, 0.1) is 12.5 Å². The number of carbonyl (C=O) groups excluding carboxylic acids is 1. The molecule has 1 fully saturated rings. The van der Waals surface area contributed by atoms with Gasteiger partial charge >= 0.3 is 0 Å². The van der Waals surface area contributed by atoms with Gasteiger partial charge in [0.2, 0.25) is 5.91 Å². The van der Waals surface area contributed by atoms with Crippen LogP contribution >= 0.6 is 0 Å². The van der Waals surface area contributed by atoms with Gasteiger partial charge in [-0.05, 0) is 6.42 Å². The third-order valence-corrected chi connectivity index (χ3v) is 1.36. The standard InChI is InChI=1S/C6H10NO/c1-2-3-5-4-6(8)7-5/h5H,2-4H2,1H3. The van der Waals surface area contributed by atoms with Crippen molar-refractivity contribution in [1.82, 2.24) is 5.32 Å². The van der Waals surface area contributed by atoms with Crippen molar-refractivity contribution in [2.75, 3.05) is 0 Å². The molecule has 2 nitrogen and oxygen atoms in total. The SMILES string of the molecule is CCCC1CC(=O)[N]1. The van der Waals surface area contributed by atoms with Crippen LogP contribution in [0.3, 0.4) is 0 Å². The van der Waals surface area contributed by atoms with Crippen LogP contribution in [0.2, 0.25) is 0 Å². The Hall–Kier alpha value is -0.530. The average Bonchev–Trinajstić information content (AvgIpc) is 1.64. The van der Waals surface area contributed by atoms with E-state index in [-0.39, 0.29) is 5.91 Å². The van der Waals surface area contributed by atoms with Crippen molar-refractivity contribution in [1.29, 1.82) is 0 Å². The molecule has 1 heterocycles. The lowest BCUT2D eigenvalue weighted by molar-refractivity contribution is -0.128. The highest BCUT2D eigenvalue weighted by molar-refractivity contribution is 5.82. The van der Waals surface area contributed by atoms with Crippen molar-refractivity contribution >= 4 is 5.91 Å². The van der Waals surface area contributed by atoms with E-state index >= 15 is 0 Å². The van der Waals surface area contributed by atoms with Gasteiger partial charge in [0, 0.05) is 0 Å². The predicted molar refractivity (Wildman–Crippen MR) is 30.5 cm³/mol. The summed E-state index contributed by atoms with van der Waals surface area (Å²) in [6.07, 6.45) is 2.93. The third kappa shape index (κ3) is 0.997. The quantitative estimate of drug-likeness (QED) is 0.483. The van der Waals surface area contributed by atoms with Crippen LogP contribution in [0, 0.1) is 0 Å². The van der Waals surface area contributed by atoms with Crippen molar-refractivity contribution < 1.29 is 4.79 Å². The number of nitrogens with zero attached hydrogens (tertiary/aromatic N) is 1. The second-order valence-corrected chi connectivity index (χ2v) is 2.17. The Morgan fingerprint density at radius 1 is 1.88 bits per heavy atom. The summed E-state index contributed by atoms with van der Waals surface area (Å²) in [7, 11) is 0. The fraction of sp³-hybridized carbons (Fsp3) is 0.833. The molecule has 2 heteroatoms. The summed E-state index contributed by atoms with van der Waals surface area (Å²) in [5.74, 6) is 0.0865. The van der Waals surface area contributed by atoms with Crippen LogP contribution in [0.4, 0.5) is 0 Å². The van der Waals surface area contributed by atoms with Crippen LogP contribution < -0.4 is 5.32 Å². The van der Waals surface area contributed by atoms with E-state index in [9.17, 15) is 4.79 Å². The largest absolute Gasteiger partial charge is 0.273 e. The van der Waals surface area contributed by atoms with Crippen LogP contribution in [0.25, 0.3) is 0 Å². The molecule has 0 saturated carbocycles. The molecule has 0 aliphatic carbocycles. The lowest BCUT2D eigenvalue weighted by Gasteiger charge is -2.22. The van der Waals surface area contributed by atoms with E-state index in [0.29, 0.717) is 12.5 Å². The summed E-state index contributed by atoms with van der Waals surface area (Å²) in [5.41, 5.74) is 0. The summed E-state index contributed by atoms with van der Waals surface area (Å²) in [4.78, 5) is 10.2. The zero-order valence-electron chi connectivity index (χ0n) is 5.05. The Kier molecular flexibility index (Phi) is 1.51. The van der Waals surface area contributed by atoms with Crippen molar-refractivity contribution in [2.45, 2.75) is 32.2 Å². The molecular formula is C6H10NO. The van der Waals surface area contributed by atoms with E-state index in [1.807, 2.05) is 0 Å². The van der Waals surface area contributed by atoms with Gasteiger partial charge in [-0.2, -0.15) is 0 Å². The summed E-state index contributed by atoms with van der Waals surface area (Å²) in [6.45, 7) is 2.11. The number of rotatable bonds is 2. The molecule has 0 aromatic carbocycles. The minimum absolute atomic E-state index is 0.0865. The fourth-order valence-corrected chi connectivity index (χ4v) is 0.891. The molecule has 0 aromatic heterocycles. The van der Waals surface area contributed by atoms with Gasteiger partial charge in [0.25, 0.3) is 0 Å². The average molecular weight is 112 g/mol. The van der Waals surface area contributed by atoms with E-state index in [2.05, 4.69) is 12.2 Å². The van der Waals surface area contributed by atoms with E-state index < -0.39 is 0 Å². The van der Waals surface area contributed by atoms with Crippen LogP contribution in [-0.4, -0.2) is 11.9 Å². The predicted octanol–water partition coefficient (Wildman–Crippen LogP) is 0.690. The van der Waals surface area contributed by atoms with Crippen molar-refractivity contribution in [3.05, 3.63) is 0 Å². The molecule has 0 bridgehead atoms. The van der Waals surface area contributed by atoms with E-state index in [4.69, 9.17) is 0 Å². The maximum atomic E-state index is 10.2. The summed E-state index contributed by atoms with van der Waals surface area (Å²) in [5, 5.41) is 3.77. The zero-order chi connectivity index (χ0) is 5.98. The number of hydrogen-bond acceptors (Lipinski definition) is 1. The van der Waals surface area contributed by atoms with Gasteiger partial charge < -0.3 is 0 Å². The lowest BCUT2D eigenvalue weighted by atomic mass is 10.0. The Bertz CT molecular complexity index is 92.7. The van der Waals surface area contributed by atoms with E-state index in [1.165, 1.54) is 0 Å². The maximum Gasteiger partial charge on any atom is 0.243 e. The molecule has 45 valence electrons. The molecule has 0 aromatic rings. The van der Waals surface area contributed by atoms with E-state index in [0.717, 1.165) is 12.8 Å². The smallest absolute Gasteiger partial charge is 0.243 e. The van der Waals surface area contributed by atoms with Crippen LogP contribution in [0.5, 0.6) is 0 Å². The van der Waals surface area contributed by atoms with Crippen molar-refractivity contribution in [2.24, 2.45) is 0 Å². The van der Waals surface area contributed by atoms with Gasteiger partial charge in [-0.3, -0.25) is 4.79 Å². The van der Waals surface area contributed by atoms with Gasteiger partial charge in [-0.15, -0.1) is 0 Å². The molecule has 1 radical (unpaired) electrons. The Morgan fingerprint density at radius 3 is 2.88 bits per heavy atom. The number of carbonyl (C=O) groups is 1. The highest BCUT2D eigenvalue weighted by atomic mass is 16.2. The highest BCUT2D eigenvalue weighted by Crippen LogP contribution is 2.11. The molecule has 0 spiro atoms. The number of hydrogen-bond donors (Lipinski definition) is 0. The van der Waals surface area contributed by atoms with Gasteiger partial charge in [0.1, 0.15) is 0 Å². The normalized spacial score (nSPS) is 26.6. The lowest BCUT2D eigenvalue weighted by Crippen LogP contribution is -2.41. The first-order valence-electron chi connectivity index (χ1n) is 3.06. The molecule has 1 atom stereocenters. The van der Waals surface area contributed by atoms with Crippen LogP contribution in [0.1, 0.15) is 26.2 Å². The van der Waals surface area contributed by atoms with Gasteiger partial charge in [0.15, 0.2) is 0 Å². The Balaban J connectivity index is 2.06. The monoisotopic (exact) mass is 112 g/mol. The summed E-state index contributed by atoms with van der Waals surface area (Å²) >= 11 is 0. The molecule has 1 aliphatic heterocycles. The Labute approximate surface area is 49.3 Å². The summed E-state index contributed by atoms with van der Waals surface area (Å²) < 4.78 is 0. The fourth-order valence-electron chi connectivity index (χ4n) is 0.891. The molecule has 1 rings (SSSR count). The molecule has 1 unspecified atom stereocenters. The molecule has 1 saturated heterocycles. The van der Waals surface area contributed by atoms with Crippen LogP contribution in [-0.2, 0) is 4.79 Å². The van der Waals surface area contributed by atoms with Crippen molar-refractivity contribution in [3.63, 3.8) is 0 Å². The van der Waals surface area contributed by atoms with Crippen molar-refractivity contribution in [3.8, 4) is 0 Å². The number of β-lactam (4-membered cyclic amide) rings is 1. The minimum atomic E-state index is 0.0865. The molecule has 8 heavy (non-hydrogen) atoms. The first kappa shape index (κ1) is 5.60. The minimum Gasteiger partial charge on any atom is -0.273 e. The van der Waals surface area contributed by atoms with Gasteiger partial charge in [-0.1, -0.05) is 13.3 Å². The zero-order valence-corrected chi connectivity index (χ0v) is 5.05. The number of amides is 1. The third-order valence-electron chi connectivity index (χ3n) is 1.36. The summed E-state index contributed by atoms with van der Waals surface area (Å²) in [6, 6.07) is 0.382. The first-order valence-corrected chi connectivity index (χ1v) is 3.06. The second kappa shape index (κ2) is 2.16. The van der Waals surface area contributed by atoms with Gasteiger partial charge in [-0.25, -0.2) is 5.32 Å². The maximum absolute atomic E-state index is 10.2.